The molecular formula is C24H18O9. The third kappa shape index (κ3) is 3.59. The molecule has 0 fully saturated rings. The Kier molecular flexibility index (Phi) is 4.67. The van der Waals surface area contributed by atoms with Crippen LogP contribution in [0.4, 0.5) is 0 Å². The summed E-state index contributed by atoms with van der Waals surface area (Å²) in [5, 5.41) is 49.1. The SMILES string of the molecule is O=c1oc(-c2ccc(O)cc2)cc2c1C(C1C=C(O)C=C(O)O1)C(c1ccc(O)c(O)c1)O2. The topological polar surface area (TPSA) is 150 Å². The van der Waals surface area contributed by atoms with Gasteiger partial charge in [0.1, 0.15) is 35.2 Å². The molecule has 2 aromatic carbocycles. The second-order valence-corrected chi connectivity index (χ2v) is 7.69. The first-order valence-electron chi connectivity index (χ1n) is 9.94. The van der Waals surface area contributed by atoms with Crippen molar-refractivity contribution in [1.82, 2.24) is 0 Å². The molecule has 3 heterocycles. The summed E-state index contributed by atoms with van der Waals surface area (Å²) < 4.78 is 17.1. The number of hydrogen-bond donors (Lipinski definition) is 5. The Morgan fingerprint density at radius 1 is 0.818 bits per heavy atom. The number of ether oxygens (including phenoxy) is 2. The predicted molar refractivity (Wildman–Crippen MR) is 114 cm³/mol. The van der Waals surface area contributed by atoms with Crippen molar-refractivity contribution in [3.05, 3.63) is 93.9 Å². The molecule has 0 aliphatic carbocycles. The monoisotopic (exact) mass is 450 g/mol. The summed E-state index contributed by atoms with van der Waals surface area (Å²) in [6.07, 6.45) is 0.457. The fourth-order valence-corrected chi connectivity index (χ4v) is 4.07. The van der Waals surface area contributed by atoms with E-state index in [1.165, 1.54) is 42.5 Å². The minimum absolute atomic E-state index is 0.0553. The average molecular weight is 450 g/mol. The fraction of sp³-hybridized carbons (Fsp3) is 0.125. The van der Waals surface area contributed by atoms with Gasteiger partial charge in [-0.15, -0.1) is 0 Å². The zero-order valence-corrected chi connectivity index (χ0v) is 16.9. The van der Waals surface area contributed by atoms with Crippen molar-refractivity contribution in [2.75, 3.05) is 0 Å². The number of rotatable bonds is 3. The Labute approximate surface area is 186 Å². The van der Waals surface area contributed by atoms with Crippen LogP contribution in [0.5, 0.6) is 23.0 Å². The maximum Gasteiger partial charge on any atom is 0.343 e. The second kappa shape index (κ2) is 7.56. The molecule has 3 aromatic rings. The highest BCUT2D eigenvalue weighted by molar-refractivity contribution is 5.61. The van der Waals surface area contributed by atoms with Gasteiger partial charge in [-0.1, -0.05) is 6.07 Å². The number of benzene rings is 2. The third-order valence-corrected chi connectivity index (χ3v) is 5.56. The van der Waals surface area contributed by atoms with Gasteiger partial charge in [-0.05, 0) is 48.0 Å². The summed E-state index contributed by atoms with van der Waals surface area (Å²) in [5.74, 6) is -1.91. The molecule has 9 nitrogen and oxygen atoms in total. The third-order valence-electron chi connectivity index (χ3n) is 5.56. The van der Waals surface area contributed by atoms with Gasteiger partial charge in [-0.3, -0.25) is 0 Å². The summed E-state index contributed by atoms with van der Waals surface area (Å²) in [7, 11) is 0. The van der Waals surface area contributed by atoms with E-state index in [-0.39, 0.29) is 40.1 Å². The van der Waals surface area contributed by atoms with Crippen LogP contribution in [0.1, 0.15) is 23.1 Å². The van der Waals surface area contributed by atoms with Crippen LogP contribution in [0.25, 0.3) is 11.3 Å². The molecule has 9 heteroatoms. The first-order chi connectivity index (χ1) is 15.8. The van der Waals surface area contributed by atoms with Gasteiger partial charge in [-0.2, -0.15) is 0 Å². The van der Waals surface area contributed by atoms with Crippen LogP contribution < -0.4 is 10.4 Å². The average Bonchev–Trinajstić information content (AvgIpc) is 3.16. The van der Waals surface area contributed by atoms with E-state index in [0.29, 0.717) is 11.1 Å². The second-order valence-electron chi connectivity index (χ2n) is 7.69. The molecule has 168 valence electrons. The predicted octanol–water partition coefficient (Wildman–Crippen LogP) is 3.88. The number of fused-ring (bicyclic) bond motifs is 1. The molecule has 0 bridgehead atoms. The van der Waals surface area contributed by atoms with Gasteiger partial charge in [0.2, 0.25) is 0 Å². The number of aromatic hydroxyl groups is 3. The van der Waals surface area contributed by atoms with Crippen molar-refractivity contribution in [1.29, 1.82) is 0 Å². The molecule has 33 heavy (non-hydrogen) atoms. The molecule has 0 spiro atoms. The number of phenolic OH excluding ortho intramolecular Hbond substituents is 3. The largest absolute Gasteiger partial charge is 0.508 e. The highest BCUT2D eigenvalue weighted by Crippen LogP contribution is 2.50. The van der Waals surface area contributed by atoms with E-state index >= 15 is 0 Å². The van der Waals surface area contributed by atoms with Crippen LogP contribution in [-0.2, 0) is 4.74 Å². The molecule has 0 amide bonds. The van der Waals surface area contributed by atoms with E-state index in [4.69, 9.17) is 13.9 Å². The van der Waals surface area contributed by atoms with Crippen LogP contribution >= 0.6 is 0 Å². The Balaban J connectivity index is 1.64. The zero-order chi connectivity index (χ0) is 23.3. The van der Waals surface area contributed by atoms with E-state index in [0.717, 1.165) is 6.08 Å². The lowest BCUT2D eigenvalue weighted by Gasteiger charge is -2.27. The Morgan fingerprint density at radius 3 is 2.27 bits per heavy atom. The summed E-state index contributed by atoms with van der Waals surface area (Å²) in [4.78, 5) is 13.1. The van der Waals surface area contributed by atoms with E-state index < -0.39 is 29.7 Å². The van der Waals surface area contributed by atoms with Gasteiger partial charge in [0.25, 0.3) is 5.95 Å². The molecule has 5 N–H and O–H groups in total. The molecule has 2 aliphatic heterocycles. The lowest BCUT2D eigenvalue weighted by Crippen LogP contribution is -2.29. The Hall–Kier alpha value is -4.53. The first kappa shape index (κ1) is 20.4. The van der Waals surface area contributed by atoms with E-state index in [1.807, 2.05) is 0 Å². The molecule has 0 radical (unpaired) electrons. The molecule has 0 saturated heterocycles. The number of phenols is 3. The standard InChI is InChI=1S/C24H18O9/c25-13-4-1-11(2-5-13)17-10-19-22(24(30)33-17)21(18-8-14(26)9-20(29)31-18)23(32-19)12-3-6-15(27)16(28)7-12/h1-10,18,21,23,25-29H. The number of allylic oxidation sites excluding steroid dienone is 1. The first-order valence-corrected chi connectivity index (χ1v) is 9.94. The van der Waals surface area contributed by atoms with Crippen LogP contribution in [0.3, 0.4) is 0 Å². The van der Waals surface area contributed by atoms with Gasteiger partial charge in [0.05, 0.1) is 17.6 Å². The highest BCUT2D eigenvalue weighted by Gasteiger charge is 2.45. The van der Waals surface area contributed by atoms with Gasteiger partial charge < -0.3 is 39.4 Å². The molecular weight excluding hydrogens is 432 g/mol. The maximum atomic E-state index is 13.1. The van der Waals surface area contributed by atoms with Gasteiger partial charge in [0.15, 0.2) is 11.5 Å². The number of aliphatic hydroxyl groups is 2. The molecule has 3 unspecified atom stereocenters. The lowest BCUT2D eigenvalue weighted by molar-refractivity contribution is 0.0168. The van der Waals surface area contributed by atoms with Crippen molar-refractivity contribution in [3.8, 4) is 34.3 Å². The zero-order valence-electron chi connectivity index (χ0n) is 16.9. The van der Waals surface area contributed by atoms with Crippen molar-refractivity contribution in [3.63, 3.8) is 0 Å². The van der Waals surface area contributed by atoms with Gasteiger partial charge in [0, 0.05) is 11.6 Å². The Bertz CT molecular complexity index is 1350. The molecule has 1 aromatic heterocycles. The van der Waals surface area contributed by atoms with E-state index in [2.05, 4.69) is 0 Å². The maximum absolute atomic E-state index is 13.1. The van der Waals surface area contributed by atoms with Crippen LogP contribution in [0.2, 0.25) is 0 Å². The minimum Gasteiger partial charge on any atom is -0.508 e. The summed E-state index contributed by atoms with van der Waals surface area (Å²) in [6.45, 7) is 0. The molecule has 2 aliphatic rings. The van der Waals surface area contributed by atoms with Crippen LogP contribution in [0, 0.1) is 0 Å². The quantitative estimate of drug-likeness (QED) is 0.375. The van der Waals surface area contributed by atoms with Crippen molar-refractivity contribution in [2.45, 2.75) is 18.1 Å². The van der Waals surface area contributed by atoms with Crippen molar-refractivity contribution < 1.29 is 39.4 Å². The lowest BCUT2D eigenvalue weighted by atomic mass is 9.86. The summed E-state index contributed by atoms with van der Waals surface area (Å²) in [5.41, 5.74) is 0.365. The van der Waals surface area contributed by atoms with Crippen molar-refractivity contribution >= 4 is 0 Å². The highest BCUT2D eigenvalue weighted by atomic mass is 16.6. The van der Waals surface area contributed by atoms with Crippen LogP contribution in [0.15, 0.2) is 81.6 Å². The van der Waals surface area contributed by atoms with Crippen LogP contribution in [-0.4, -0.2) is 31.6 Å². The summed E-state index contributed by atoms with van der Waals surface area (Å²) in [6, 6.07) is 11.7. The molecule has 3 atom stereocenters. The molecule has 0 saturated carbocycles. The minimum atomic E-state index is -1.00. The van der Waals surface area contributed by atoms with E-state index in [9.17, 15) is 30.3 Å². The smallest absolute Gasteiger partial charge is 0.343 e. The van der Waals surface area contributed by atoms with Gasteiger partial charge >= 0.3 is 5.63 Å². The van der Waals surface area contributed by atoms with E-state index in [1.54, 1.807) is 12.1 Å². The summed E-state index contributed by atoms with van der Waals surface area (Å²) >= 11 is 0. The molecule has 5 rings (SSSR count). The fourth-order valence-electron chi connectivity index (χ4n) is 4.07. The van der Waals surface area contributed by atoms with Gasteiger partial charge in [-0.25, -0.2) is 4.79 Å². The van der Waals surface area contributed by atoms with Crippen molar-refractivity contribution in [2.24, 2.45) is 0 Å². The Morgan fingerprint density at radius 2 is 1.58 bits per heavy atom. The number of aliphatic hydroxyl groups excluding tert-OH is 2. The number of hydrogen-bond acceptors (Lipinski definition) is 9. The normalized spacial score (nSPS) is 21.4.